The van der Waals surface area contributed by atoms with Crippen molar-refractivity contribution < 1.29 is 9.59 Å². The topological polar surface area (TPSA) is 63.5 Å². The number of benzene rings is 1. The zero-order valence-corrected chi connectivity index (χ0v) is 14.9. The van der Waals surface area contributed by atoms with Crippen LogP contribution in [0.15, 0.2) is 29.3 Å². The summed E-state index contributed by atoms with van der Waals surface area (Å²) in [5.74, 6) is 0.00265. The summed E-state index contributed by atoms with van der Waals surface area (Å²) in [5, 5.41) is 2.78. The molecule has 126 valence electrons. The lowest BCUT2D eigenvalue weighted by Crippen LogP contribution is -2.22. The number of nitrogens with zero attached hydrogens (tertiary/aromatic N) is 2. The summed E-state index contributed by atoms with van der Waals surface area (Å²) >= 11 is 1.44. The van der Waals surface area contributed by atoms with E-state index in [1.807, 2.05) is 26.0 Å². The summed E-state index contributed by atoms with van der Waals surface area (Å²) in [6.07, 6.45) is 2.27. The smallest absolute Gasteiger partial charge is 0.251 e. The SMILES string of the molecule is CCNC(=O)c1ccc(/N=c2/sc(C(C)=O)c(C)n2C2CC2)cc1. The lowest BCUT2D eigenvalue weighted by Gasteiger charge is -2.04. The fourth-order valence-corrected chi connectivity index (χ4v) is 3.80. The number of rotatable bonds is 5. The average Bonchev–Trinajstić information content (AvgIpc) is 3.32. The van der Waals surface area contributed by atoms with Crippen molar-refractivity contribution in [1.29, 1.82) is 0 Å². The van der Waals surface area contributed by atoms with Crippen molar-refractivity contribution in [3.8, 4) is 0 Å². The van der Waals surface area contributed by atoms with Gasteiger partial charge in [-0.2, -0.15) is 0 Å². The first-order valence-electron chi connectivity index (χ1n) is 8.17. The van der Waals surface area contributed by atoms with Gasteiger partial charge in [-0.15, -0.1) is 0 Å². The molecule has 5 nitrogen and oxygen atoms in total. The van der Waals surface area contributed by atoms with E-state index in [9.17, 15) is 9.59 Å². The number of hydrogen-bond donors (Lipinski definition) is 1. The number of aromatic nitrogens is 1. The third kappa shape index (κ3) is 3.33. The van der Waals surface area contributed by atoms with Gasteiger partial charge in [-0.25, -0.2) is 4.99 Å². The second kappa shape index (κ2) is 6.73. The largest absolute Gasteiger partial charge is 0.352 e. The van der Waals surface area contributed by atoms with Gasteiger partial charge in [-0.05, 0) is 51.0 Å². The summed E-state index contributed by atoms with van der Waals surface area (Å²) in [7, 11) is 0. The molecule has 0 radical (unpaired) electrons. The highest BCUT2D eigenvalue weighted by Gasteiger charge is 2.28. The molecule has 1 aliphatic carbocycles. The Bertz CT molecular complexity index is 842. The number of nitrogens with one attached hydrogen (secondary N) is 1. The Balaban J connectivity index is 1.98. The average molecular weight is 343 g/mol. The molecule has 0 spiro atoms. The molecule has 2 aromatic rings. The van der Waals surface area contributed by atoms with Crippen LogP contribution in [0.2, 0.25) is 0 Å². The Morgan fingerprint density at radius 2 is 1.96 bits per heavy atom. The van der Waals surface area contributed by atoms with Crippen molar-refractivity contribution in [2.75, 3.05) is 6.54 Å². The lowest BCUT2D eigenvalue weighted by molar-refractivity contribution is 0.0954. The van der Waals surface area contributed by atoms with Gasteiger partial charge in [0, 0.05) is 30.8 Å². The predicted octanol–water partition coefficient (Wildman–Crippen LogP) is 3.38. The van der Waals surface area contributed by atoms with Gasteiger partial charge >= 0.3 is 0 Å². The third-order valence-corrected chi connectivity index (χ3v) is 5.27. The zero-order valence-electron chi connectivity index (χ0n) is 14.1. The second-order valence-corrected chi connectivity index (χ2v) is 6.95. The molecule has 0 unspecified atom stereocenters. The number of carbonyl (C=O) groups is 2. The zero-order chi connectivity index (χ0) is 17.3. The minimum absolute atomic E-state index is 0.0806. The van der Waals surface area contributed by atoms with E-state index in [1.54, 1.807) is 19.1 Å². The van der Waals surface area contributed by atoms with E-state index < -0.39 is 0 Å². The molecule has 1 aliphatic rings. The van der Waals surface area contributed by atoms with E-state index in [4.69, 9.17) is 4.99 Å². The highest BCUT2D eigenvalue weighted by Crippen LogP contribution is 2.36. The molecule has 1 heterocycles. The van der Waals surface area contributed by atoms with E-state index in [2.05, 4.69) is 9.88 Å². The third-order valence-electron chi connectivity index (χ3n) is 4.01. The van der Waals surface area contributed by atoms with Gasteiger partial charge in [0.25, 0.3) is 5.91 Å². The molecular weight excluding hydrogens is 322 g/mol. The number of Topliss-reactive ketones (excluding diaryl/α,β-unsaturated/α-hetero) is 1. The van der Waals surface area contributed by atoms with Gasteiger partial charge in [0.1, 0.15) is 0 Å². The van der Waals surface area contributed by atoms with Gasteiger partial charge in [0.2, 0.25) is 0 Å². The summed E-state index contributed by atoms with van der Waals surface area (Å²) < 4.78 is 2.18. The number of amides is 1. The molecule has 24 heavy (non-hydrogen) atoms. The molecule has 1 amide bonds. The Morgan fingerprint density at radius 3 is 2.50 bits per heavy atom. The fraction of sp³-hybridized carbons (Fsp3) is 0.389. The van der Waals surface area contributed by atoms with E-state index in [-0.39, 0.29) is 11.7 Å². The van der Waals surface area contributed by atoms with Crippen LogP contribution in [0.4, 0.5) is 5.69 Å². The van der Waals surface area contributed by atoms with Crippen molar-refractivity contribution in [1.82, 2.24) is 9.88 Å². The highest BCUT2D eigenvalue weighted by molar-refractivity contribution is 7.11. The van der Waals surface area contributed by atoms with E-state index in [0.29, 0.717) is 18.2 Å². The van der Waals surface area contributed by atoms with Crippen LogP contribution < -0.4 is 10.1 Å². The minimum Gasteiger partial charge on any atom is -0.352 e. The monoisotopic (exact) mass is 343 g/mol. The number of carbonyl (C=O) groups excluding carboxylic acids is 2. The van der Waals surface area contributed by atoms with Crippen molar-refractivity contribution in [2.45, 2.75) is 39.7 Å². The van der Waals surface area contributed by atoms with Crippen molar-refractivity contribution >= 4 is 28.7 Å². The maximum absolute atomic E-state index is 11.8. The first kappa shape index (κ1) is 16.6. The minimum atomic E-state index is -0.0806. The maximum atomic E-state index is 11.8. The molecule has 1 aromatic carbocycles. The molecule has 1 aromatic heterocycles. The van der Waals surface area contributed by atoms with Crippen LogP contribution in [-0.4, -0.2) is 22.8 Å². The summed E-state index contributed by atoms with van der Waals surface area (Å²) in [6.45, 7) is 6.09. The second-order valence-electron chi connectivity index (χ2n) is 5.97. The Hall–Kier alpha value is -2.21. The molecule has 6 heteroatoms. The Labute approximate surface area is 145 Å². The van der Waals surface area contributed by atoms with Gasteiger partial charge < -0.3 is 9.88 Å². The Morgan fingerprint density at radius 1 is 1.29 bits per heavy atom. The summed E-state index contributed by atoms with van der Waals surface area (Å²) in [4.78, 5) is 30.0. The van der Waals surface area contributed by atoms with Gasteiger partial charge in [-0.1, -0.05) is 11.3 Å². The molecule has 0 aliphatic heterocycles. The van der Waals surface area contributed by atoms with E-state index in [1.165, 1.54) is 11.3 Å². The molecule has 0 atom stereocenters. The number of ketones is 1. The first-order valence-corrected chi connectivity index (χ1v) is 8.98. The molecule has 0 saturated heterocycles. The lowest BCUT2D eigenvalue weighted by atomic mass is 10.2. The predicted molar refractivity (Wildman–Crippen MR) is 95.0 cm³/mol. The molecule has 1 saturated carbocycles. The van der Waals surface area contributed by atoms with Crippen LogP contribution in [0.25, 0.3) is 0 Å². The molecular formula is C18H21N3O2S. The molecule has 3 rings (SSSR count). The fourth-order valence-electron chi connectivity index (χ4n) is 2.69. The van der Waals surface area contributed by atoms with Crippen LogP contribution in [-0.2, 0) is 0 Å². The van der Waals surface area contributed by atoms with Gasteiger partial charge in [-0.3, -0.25) is 9.59 Å². The van der Waals surface area contributed by atoms with Crippen LogP contribution >= 0.6 is 11.3 Å². The van der Waals surface area contributed by atoms with Crippen LogP contribution in [0.3, 0.4) is 0 Å². The number of thiazole rings is 1. The molecule has 0 bridgehead atoms. The number of hydrogen-bond acceptors (Lipinski definition) is 4. The molecule has 1 N–H and O–H groups in total. The normalized spacial score (nSPS) is 14.7. The maximum Gasteiger partial charge on any atom is 0.251 e. The van der Waals surface area contributed by atoms with Gasteiger partial charge in [0.15, 0.2) is 10.6 Å². The van der Waals surface area contributed by atoms with Crippen molar-refractivity contribution in [3.63, 3.8) is 0 Å². The Kier molecular flexibility index (Phi) is 4.66. The van der Waals surface area contributed by atoms with Crippen molar-refractivity contribution in [3.05, 3.63) is 45.2 Å². The van der Waals surface area contributed by atoms with Gasteiger partial charge in [0.05, 0.1) is 10.6 Å². The van der Waals surface area contributed by atoms with Crippen LogP contribution in [0.1, 0.15) is 58.5 Å². The van der Waals surface area contributed by atoms with E-state index >= 15 is 0 Å². The standard InChI is InChI=1S/C18H21N3O2S/c1-4-19-17(23)13-5-7-14(8-6-13)20-18-21(15-9-10-15)11(2)16(24-18)12(3)22/h5-8,15H,4,9-10H2,1-3H3,(H,19,23)/b20-18+. The summed E-state index contributed by atoms with van der Waals surface area (Å²) in [6, 6.07) is 7.69. The van der Waals surface area contributed by atoms with Crippen LogP contribution in [0, 0.1) is 6.92 Å². The van der Waals surface area contributed by atoms with E-state index in [0.717, 1.165) is 33.9 Å². The summed E-state index contributed by atoms with van der Waals surface area (Å²) in [5.41, 5.74) is 2.42. The molecule has 1 fully saturated rings. The van der Waals surface area contributed by atoms with Crippen molar-refractivity contribution in [2.24, 2.45) is 4.99 Å². The van der Waals surface area contributed by atoms with Crippen LogP contribution in [0.5, 0.6) is 0 Å². The highest BCUT2D eigenvalue weighted by atomic mass is 32.1. The quantitative estimate of drug-likeness (QED) is 0.846. The first-order chi connectivity index (χ1) is 11.5.